The van der Waals surface area contributed by atoms with Gasteiger partial charge in [-0.25, -0.2) is 9.78 Å². The maximum atomic E-state index is 11.8. The Morgan fingerprint density at radius 3 is 2.95 bits per heavy atom. The Balaban J connectivity index is 1.99. The SMILES string of the molecule is O=C(Nc1cccnc1Cl)N[C@@H](CO)c1ccco1. The minimum Gasteiger partial charge on any atom is -0.467 e. The fourth-order valence-corrected chi connectivity index (χ4v) is 1.66. The number of hydrogen-bond donors (Lipinski definition) is 3. The van der Waals surface area contributed by atoms with E-state index in [1.807, 2.05) is 0 Å². The molecule has 0 aliphatic heterocycles. The van der Waals surface area contributed by atoms with E-state index in [1.54, 1.807) is 24.3 Å². The number of carbonyl (C=O) groups is 1. The Bertz CT molecular complexity index is 545. The Morgan fingerprint density at radius 2 is 2.32 bits per heavy atom. The Morgan fingerprint density at radius 1 is 1.47 bits per heavy atom. The van der Waals surface area contributed by atoms with E-state index < -0.39 is 12.1 Å². The number of halogens is 1. The molecular weight excluding hydrogens is 270 g/mol. The molecule has 0 aromatic carbocycles. The average Bonchev–Trinajstić information content (AvgIpc) is 2.92. The van der Waals surface area contributed by atoms with E-state index in [0.717, 1.165) is 0 Å². The molecule has 2 aromatic rings. The molecule has 0 unspecified atom stereocenters. The van der Waals surface area contributed by atoms with Crippen LogP contribution in [0.25, 0.3) is 0 Å². The van der Waals surface area contributed by atoms with Crippen molar-refractivity contribution in [3.63, 3.8) is 0 Å². The summed E-state index contributed by atoms with van der Waals surface area (Å²) in [5.74, 6) is 0.468. The third kappa shape index (κ3) is 3.46. The van der Waals surface area contributed by atoms with Gasteiger partial charge in [-0.05, 0) is 24.3 Å². The number of hydrogen-bond acceptors (Lipinski definition) is 4. The van der Waals surface area contributed by atoms with Gasteiger partial charge in [-0.15, -0.1) is 0 Å². The highest BCUT2D eigenvalue weighted by Gasteiger charge is 2.16. The summed E-state index contributed by atoms with van der Waals surface area (Å²) in [6.45, 7) is -0.276. The van der Waals surface area contributed by atoms with Crippen molar-refractivity contribution in [2.24, 2.45) is 0 Å². The number of nitrogens with one attached hydrogen (secondary N) is 2. The van der Waals surface area contributed by atoms with Crippen LogP contribution in [0.4, 0.5) is 10.5 Å². The van der Waals surface area contributed by atoms with E-state index in [9.17, 15) is 9.90 Å². The lowest BCUT2D eigenvalue weighted by Gasteiger charge is -2.14. The molecule has 100 valence electrons. The van der Waals surface area contributed by atoms with E-state index in [1.165, 1.54) is 12.5 Å². The van der Waals surface area contributed by atoms with E-state index in [0.29, 0.717) is 11.4 Å². The van der Waals surface area contributed by atoms with Crippen LogP contribution < -0.4 is 10.6 Å². The van der Waals surface area contributed by atoms with Crippen LogP contribution in [0.2, 0.25) is 5.15 Å². The predicted octanol–water partition coefficient (Wildman–Crippen LogP) is 2.18. The largest absolute Gasteiger partial charge is 0.467 e. The lowest BCUT2D eigenvalue weighted by atomic mass is 10.2. The lowest BCUT2D eigenvalue weighted by Crippen LogP contribution is -2.34. The normalized spacial score (nSPS) is 11.9. The number of furan rings is 1. The standard InChI is InChI=1S/C12H12ClN3O3/c13-11-8(3-1-5-14-11)15-12(18)16-9(7-17)10-4-2-6-19-10/h1-6,9,17H,7H2,(H2,15,16,18)/t9-/m0/s1. The van der Waals surface area contributed by atoms with Gasteiger partial charge in [0.05, 0.1) is 18.6 Å². The number of aliphatic hydroxyl groups excluding tert-OH is 1. The molecule has 7 heteroatoms. The zero-order valence-electron chi connectivity index (χ0n) is 9.84. The first kappa shape index (κ1) is 13.4. The molecule has 19 heavy (non-hydrogen) atoms. The summed E-state index contributed by atoms with van der Waals surface area (Å²) < 4.78 is 5.12. The average molecular weight is 282 g/mol. The zero-order valence-corrected chi connectivity index (χ0v) is 10.6. The summed E-state index contributed by atoms with van der Waals surface area (Å²) >= 11 is 5.82. The highest BCUT2D eigenvalue weighted by Crippen LogP contribution is 2.18. The van der Waals surface area contributed by atoms with Crippen LogP contribution in [-0.4, -0.2) is 22.7 Å². The molecule has 6 nitrogen and oxygen atoms in total. The van der Waals surface area contributed by atoms with E-state index in [-0.39, 0.29) is 11.8 Å². The Kier molecular flexibility index (Phi) is 4.38. The molecule has 2 aromatic heterocycles. The molecule has 1 atom stereocenters. The van der Waals surface area contributed by atoms with Gasteiger partial charge in [-0.1, -0.05) is 11.6 Å². The van der Waals surface area contributed by atoms with Crippen LogP contribution in [0.15, 0.2) is 41.1 Å². The van der Waals surface area contributed by atoms with Crippen molar-refractivity contribution in [3.8, 4) is 0 Å². The molecule has 2 amide bonds. The molecule has 2 rings (SSSR count). The number of carbonyl (C=O) groups excluding carboxylic acids is 1. The number of nitrogens with zero attached hydrogens (tertiary/aromatic N) is 1. The third-order valence-electron chi connectivity index (χ3n) is 2.38. The second-order valence-electron chi connectivity index (χ2n) is 3.69. The van der Waals surface area contributed by atoms with Crippen LogP contribution in [0.5, 0.6) is 0 Å². The minimum atomic E-state index is -0.620. The van der Waals surface area contributed by atoms with E-state index in [4.69, 9.17) is 16.0 Å². The van der Waals surface area contributed by atoms with Crippen molar-refractivity contribution in [1.29, 1.82) is 0 Å². The molecule has 2 heterocycles. The molecule has 0 spiro atoms. The summed E-state index contributed by atoms with van der Waals surface area (Å²) in [4.78, 5) is 15.6. The van der Waals surface area contributed by atoms with Crippen LogP contribution in [-0.2, 0) is 0 Å². The van der Waals surface area contributed by atoms with Crippen molar-refractivity contribution in [3.05, 3.63) is 47.6 Å². The summed E-state index contributed by atoms with van der Waals surface area (Å²) in [6, 6.07) is 5.48. The number of aliphatic hydroxyl groups is 1. The van der Waals surface area contributed by atoms with Crippen LogP contribution in [0, 0.1) is 0 Å². The maximum absolute atomic E-state index is 11.8. The monoisotopic (exact) mass is 281 g/mol. The molecule has 0 aliphatic carbocycles. The van der Waals surface area contributed by atoms with Gasteiger partial charge in [0.15, 0.2) is 5.15 Å². The van der Waals surface area contributed by atoms with Gasteiger partial charge < -0.3 is 20.2 Å². The van der Waals surface area contributed by atoms with Crippen molar-refractivity contribution < 1.29 is 14.3 Å². The van der Waals surface area contributed by atoms with Gasteiger partial charge in [0.25, 0.3) is 0 Å². The molecule has 3 N–H and O–H groups in total. The van der Waals surface area contributed by atoms with Crippen LogP contribution in [0.3, 0.4) is 0 Å². The summed E-state index contributed by atoms with van der Waals surface area (Å²) in [5.41, 5.74) is 0.387. The zero-order chi connectivity index (χ0) is 13.7. The summed E-state index contributed by atoms with van der Waals surface area (Å²) in [6.07, 6.45) is 2.99. The third-order valence-corrected chi connectivity index (χ3v) is 2.68. The number of rotatable bonds is 4. The second kappa shape index (κ2) is 6.21. The lowest BCUT2D eigenvalue weighted by molar-refractivity contribution is 0.215. The van der Waals surface area contributed by atoms with Crippen molar-refractivity contribution in [1.82, 2.24) is 10.3 Å². The maximum Gasteiger partial charge on any atom is 0.320 e. The second-order valence-corrected chi connectivity index (χ2v) is 4.05. The number of aromatic nitrogens is 1. The van der Waals surface area contributed by atoms with Crippen molar-refractivity contribution in [2.45, 2.75) is 6.04 Å². The fraction of sp³-hybridized carbons (Fsp3) is 0.167. The van der Waals surface area contributed by atoms with Gasteiger partial charge in [0.2, 0.25) is 0 Å². The highest BCUT2D eigenvalue weighted by atomic mass is 35.5. The van der Waals surface area contributed by atoms with Gasteiger partial charge in [-0.3, -0.25) is 0 Å². The Labute approximate surface area is 114 Å². The van der Waals surface area contributed by atoms with E-state index >= 15 is 0 Å². The summed E-state index contributed by atoms with van der Waals surface area (Å²) in [5, 5.41) is 14.5. The quantitative estimate of drug-likeness (QED) is 0.750. The first-order valence-electron chi connectivity index (χ1n) is 5.53. The van der Waals surface area contributed by atoms with Gasteiger partial charge in [0.1, 0.15) is 11.8 Å². The van der Waals surface area contributed by atoms with Crippen molar-refractivity contribution in [2.75, 3.05) is 11.9 Å². The van der Waals surface area contributed by atoms with Gasteiger partial charge >= 0.3 is 6.03 Å². The molecule has 0 radical (unpaired) electrons. The molecule has 0 saturated carbocycles. The van der Waals surface area contributed by atoms with Crippen molar-refractivity contribution >= 4 is 23.3 Å². The fourth-order valence-electron chi connectivity index (χ4n) is 1.49. The molecular formula is C12H12ClN3O3. The topological polar surface area (TPSA) is 87.4 Å². The molecule has 0 aliphatic rings. The predicted molar refractivity (Wildman–Crippen MR) is 69.9 cm³/mol. The smallest absolute Gasteiger partial charge is 0.320 e. The summed E-state index contributed by atoms with van der Waals surface area (Å²) in [7, 11) is 0. The van der Waals surface area contributed by atoms with Crippen LogP contribution in [0.1, 0.15) is 11.8 Å². The van der Waals surface area contributed by atoms with Gasteiger partial charge in [-0.2, -0.15) is 0 Å². The molecule has 0 saturated heterocycles. The first-order valence-corrected chi connectivity index (χ1v) is 5.91. The number of urea groups is 1. The number of pyridine rings is 1. The Hall–Kier alpha value is -2.05. The minimum absolute atomic E-state index is 0.191. The number of amides is 2. The molecule has 0 bridgehead atoms. The highest BCUT2D eigenvalue weighted by molar-refractivity contribution is 6.32. The number of anilines is 1. The van der Waals surface area contributed by atoms with Crippen LogP contribution >= 0.6 is 11.6 Å². The van der Waals surface area contributed by atoms with Gasteiger partial charge in [0, 0.05) is 6.20 Å². The first-order chi connectivity index (χ1) is 9.20. The van der Waals surface area contributed by atoms with E-state index in [2.05, 4.69) is 15.6 Å². The molecule has 0 fully saturated rings.